The van der Waals surface area contributed by atoms with Crippen molar-refractivity contribution in [3.63, 3.8) is 0 Å². The minimum atomic E-state index is -0.323. The molecule has 10 heteroatoms. The second-order valence-corrected chi connectivity index (χ2v) is 14.3. The van der Waals surface area contributed by atoms with Gasteiger partial charge in [0.15, 0.2) is 0 Å². The molecule has 2 amide bonds. The first-order valence-electron chi connectivity index (χ1n) is 18.8. The summed E-state index contributed by atoms with van der Waals surface area (Å²) in [6, 6.07) is 26.6. The van der Waals surface area contributed by atoms with Gasteiger partial charge < -0.3 is 24.5 Å². The number of aromatic amines is 2. The molecule has 268 valence electrons. The van der Waals surface area contributed by atoms with E-state index in [1.807, 2.05) is 59.6 Å². The van der Waals surface area contributed by atoms with Gasteiger partial charge in [-0.1, -0.05) is 85.8 Å². The highest BCUT2D eigenvalue weighted by molar-refractivity contribution is 5.84. The molecule has 0 unspecified atom stereocenters. The van der Waals surface area contributed by atoms with Crippen LogP contribution in [-0.4, -0.2) is 85.8 Å². The highest BCUT2D eigenvalue weighted by atomic mass is 16.5. The average Bonchev–Trinajstić information content (AvgIpc) is 4.04. The number of nitrogens with one attached hydrogen (secondary N) is 2. The van der Waals surface area contributed by atoms with E-state index in [1.54, 1.807) is 0 Å². The smallest absolute Gasteiger partial charge is 0.252 e. The molecule has 0 saturated carbocycles. The molecule has 3 aliphatic rings. The first-order valence-corrected chi connectivity index (χ1v) is 18.8. The SMILES string of the molecule is CCN(C)[C@@H](C(=O)N1CCC[C@H]1c1ncc(-c2ccc(-c3ccc(-c4cnc([C@@H]5CCCN5C(=O)[C@@H]5CCCO5)[nH]4)cc3)cc2)[nH]1)c1ccccc1. The van der Waals surface area contributed by atoms with Crippen molar-refractivity contribution in [2.75, 3.05) is 33.3 Å². The van der Waals surface area contributed by atoms with Gasteiger partial charge in [-0.05, 0) is 79.9 Å². The van der Waals surface area contributed by atoms with Crippen LogP contribution in [0.5, 0.6) is 0 Å². The molecule has 5 aromatic rings. The largest absolute Gasteiger partial charge is 0.368 e. The molecule has 2 N–H and O–H groups in total. The lowest BCUT2D eigenvalue weighted by Gasteiger charge is -2.32. The lowest BCUT2D eigenvalue weighted by molar-refractivity contribution is -0.142. The lowest BCUT2D eigenvalue weighted by atomic mass is 10.0. The quantitative estimate of drug-likeness (QED) is 0.158. The number of hydrogen-bond donors (Lipinski definition) is 2. The van der Waals surface area contributed by atoms with Crippen LogP contribution >= 0.6 is 0 Å². The van der Waals surface area contributed by atoms with Crippen molar-refractivity contribution in [3.05, 3.63) is 108 Å². The summed E-state index contributed by atoms with van der Waals surface area (Å²) in [7, 11) is 2.02. The number of benzene rings is 3. The van der Waals surface area contributed by atoms with E-state index in [0.717, 1.165) is 109 Å². The van der Waals surface area contributed by atoms with Crippen molar-refractivity contribution in [2.45, 2.75) is 69.7 Å². The van der Waals surface area contributed by atoms with Crippen molar-refractivity contribution < 1.29 is 14.3 Å². The molecule has 0 bridgehead atoms. The van der Waals surface area contributed by atoms with Crippen molar-refractivity contribution in [1.29, 1.82) is 0 Å². The summed E-state index contributed by atoms with van der Waals surface area (Å²) < 4.78 is 5.68. The normalized spacial score (nSPS) is 20.9. The van der Waals surface area contributed by atoms with Gasteiger partial charge in [0.1, 0.15) is 23.8 Å². The van der Waals surface area contributed by atoms with Gasteiger partial charge in [0.2, 0.25) is 5.91 Å². The Morgan fingerprint density at radius 1 is 0.750 bits per heavy atom. The fraction of sp³-hybridized carbons (Fsp3) is 0.381. The molecule has 52 heavy (non-hydrogen) atoms. The number of amides is 2. The van der Waals surface area contributed by atoms with Crippen LogP contribution in [0.4, 0.5) is 0 Å². The maximum atomic E-state index is 14.0. The van der Waals surface area contributed by atoms with Crippen LogP contribution in [0, 0.1) is 0 Å². The zero-order chi connectivity index (χ0) is 35.6. The molecule has 3 aromatic carbocycles. The number of carbonyl (C=O) groups is 2. The Morgan fingerprint density at radius 3 is 1.83 bits per heavy atom. The van der Waals surface area contributed by atoms with Gasteiger partial charge in [-0.25, -0.2) is 9.97 Å². The number of aromatic nitrogens is 4. The van der Waals surface area contributed by atoms with Crippen LogP contribution in [0.2, 0.25) is 0 Å². The molecule has 5 heterocycles. The van der Waals surface area contributed by atoms with Crippen molar-refractivity contribution in [2.24, 2.45) is 0 Å². The van der Waals surface area contributed by atoms with Gasteiger partial charge in [-0.2, -0.15) is 0 Å². The van der Waals surface area contributed by atoms with Gasteiger partial charge in [-0.15, -0.1) is 0 Å². The number of imidazole rings is 2. The molecule has 10 nitrogen and oxygen atoms in total. The van der Waals surface area contributed by atoms with Crippen LogP contribution in [0.15, 0.2) is 91.3 Å². The Balaban J connectivity index is 0.931. The standard InChI is InChI=1S/C42H47N7O3/c1-3-47(2)38(32-10-5-4-6-11-32)42(51)49-24-8-13-36(49)40-44-27-34(46-40)31-21-17-29(18-22-31)28-15-19-30(20-16-28)33-26-43-39(45-33)35-12-7-23-48(35)41(50)37-14-9-25-52-37/h4-6,10-11,15-22,26-27,35-38H,3,7-9,12-14,23-25H2,1-2H3,(H,43,45)(H,44,46)/t35-,36-,37-,38+/m0/s1. The number of rotatable bonds is 10. The maximum absolute atomic E-state index is 14.0. The summed E-state index contributed by atoms with van der Waals surface area (Å²) in [5, 5.41) is 0. The van der Waals surface area contributed by atoms with E-state index >= 15 is 0 Å². The highest BCUT2D eigenvalue weighted by Gasteiger charge is 2.38. The molecule has 8 rings (SSSR count). The Bertz CT molecular complexity index is 1980. The predicted molar refractivity (Wildman–Crippen MR) is 201 cm³/mol. The molecule has 3 aliphatic heterocycles. The second-order valence-electron chi connectivity index (χ2n) is 14.3. The molecule has 4 atom stereocenters. The fourth-order valence-corrected chi connectivity index (χ4v) is 8.14. The van der Waals surface area contributed by atoms with Crippen LogP contribution in [-0.2, 0) is 14.3 Å². The monoisotopic (exact) mass is 697 g/mol. The van der Waals surface area contributed by atoms with E-state index < -0.39 is 0 Å². The molecular formula is C42H47N7O3. The number of carbonyl (C=O) groups excluding carboxylic acids is 2. The fourth-order valence-electron chi connectivity index (χ4n) is 8.14. The van der Waals surface area contributed by atoms with Crippen molar-refractivity contribution in [3.8, 4) is 33.6 Å². The molecule has 0 radical (unpaired) electrons. The third kappa shape index (κ3) is 6.68. The van der Waals surface area contributed by atoms with Crippen molar-refractivity contribution in [1.82, 2.24) is 34.6 Å². The highest BCUT2D eigenvalue weighted by Crippen LogP contribution is 2.36. The van der Waals surface area contributed by atoms with Gasteiger partial charge in [0.05, 0.1) is 35.9 Å². The van der Waals surface area contributed by atoms with E-state index in [-0.39, 0.29) is 36.0 Å². The van der Waals surface area contributed by atoms with Gasteiger partial charge in [-0.3, -0.25) is 14.5 Å². The first kappa shape index (κ1) is 34.0. The minimum Gasteiger partial charge on any atom is -0.368 e. The minimum absolute atomic E-state index is 0.0337. The number of likely N-dealkylation sites (tertiary alicyclic amines) is 2. The predicted octanol–water partition coefficient (Wildman–Crippen LogP) is 7.33. The zero-order valence-corrected chi connectivity index (χ0v) is 30.0. The van der Waals surface area contributed by atoms with E-state index in [4.69, 9.17) is 14.7 Å². The number of hydrogen-bond acceptors (Lipinski definition) is 6. The molecule has 0 aliphatic carbocycles. The van der Waals surface area contributed by atoms with Crippen LogP contribution < -0.4 is 0 Å². The second kappa shape index (κ2) is 14.9. The Kier molecular flexibility index (Phi) is 9.75. The first-order chi connectivity index (χ1) is 25.5. The summed E-state index contributed by atoms with van der Waals surface area (Å²) in [5.41, 5.74) is 7.24. The third-order valence-corrected chi connectivity index (χ3v) is 11.1. The van der Waals surface area contributed by atoms with Gasteiger partial charge in [0, 0.05) is 19.7 Å². The molecule has 0 spiro atoms. The summed E-state index contributed by atoms with van der Waals surface area (Å²) in [4.78, 5) is 49.8. The Hall–Kier alpha value is -5.06. The number of H-pyrrole nitrogens is 2. The summed E-state index contributed by atoms with van der Waals surface area (Å²) in [6.07, 6.45) is 8.93. The Labute approximate surface area is 305 Å². The lowest BCUT2D eigenvalue weighted by Crippen LogP contribution is -2.41. The average molecular weight is 698 g/mol. The van der Waals surface area contributed by atoms with E-state index in [1.165, 1.54) is 0 Å². The van der Waals surface area contributed by atoms with Crippen LogP contribution in [0.25, 0.3) is 33.6 Å². The summed E-state index contributed by atoms with van der Waals surface area (Å²) >= 11 is 0. The number of likely N-dealkylation sites (N-methyl/N-ethyl adjacent to an activating group) is 1. The molecular weight excluding hydrogens is 651 g/mol. The Morgan fingerprint density at radius 2 is 1.29 bits per heavy atom. The third-order valence-electron chi connectivity index (χ3n) is 11.1. The topological polar surface area (TPSA) is 110 Å². The number of nitrogens with zero attached hydrogens (tertiary/aromatic N) is 5. The molecule has 3 fully saturated rings. The van der Waals surface area contributed by atoms with Gasteiger partial charge in [0.25, 0.3) is 5.91 Å². The van der Waals surface area contributed by atoms with Crippen LogP contribution in [0.3, 0.4) is 0 Å². The maximum Gasteiger partial charge on any atom is 0.252 e. The number of ether oxygens (including phenoxy) is 1. The molecule has 2 aromatic heterocycles. The van der Waals surface area contributed by atoms with Gasteiger partial charge >= 0.3 is 0 Å². The molecule has 3 saturated heterocycles. The van der Waals surface area contributed by atoms with Crippen molar-refractivity contribution >= 4 is 11.8 Å². The van der Waals surface area contributed by atoms with E-state index in [2.05, 4.69) is 70.3 Å². The zero-order valence-electron chi connectivity index (χ0n) is 30.0. The summed E-state index contributed by atoms with van der Waals surface area (Å²) in [6.45, 7) is 5.01. The van der Waals surface area contributed by atoms with E-state index in [0.29, 0.717) is 6.61 Å². The summed E-state index contributed by atoms with van der Waals surface area (Å²) in [5.74, 6) is 1.90. The van der Waals surface area contributed by atoms with Crippen LogP contribution in [0.1, 0.15) is 80.8 Å². The van der Waals surface area contributed by atoms with E-state index in [9.17, 15) is 9.59 Å².